The Labute approximate surface area is 240 Å². The highest BCUT2D eigenvalue weighted by Crippen LogP contribution is 2.38. The normalized spacial score (nSPS) is 10.2. The zero-order valence-electron chi connectivity index (χ0n) is 20.0. The number of aromatic carboxylic acids is 2. The molecule has 1 aromatic carbocycles. The van der Waals surface area contributed by atoms with E-state index < -0.39 is 16.9 Å². The first-order valence-electron chi connectivity index (χ1n) is 10.9. The van der Waals surface area contributed by atoms with Crippen molar-refractivity contribution in [2.45, 2.75) is 0 Å². The minimum Gasteiger partial charge on any atom is -0.478 e. The van der Waals surface area contributed by atoms with Crippen LogP contribution in [0.25, 0.3) is 11.3 Å². The van der Waals surface area contributed by atoms with Gasteiger partial charge in [-0.25, -0.2) is 34.5 Å². The first kappa shape index (κ1) is 29.9. The number of nitro groups is 1. The van der Waals surface area contributed by atoms with E-state index in [2.05, 4.69) is 35.6 Å². The second-order valence-corrected chi connectivity index (χ2v) is 8.70. The van der Waals surface area contributed by atoms with Gasteiger partial charge in [0.15, 0.2) is 0 Å². The predicted molar refractivity (Wildman–Crippen MR) is 146 cm³/mol. The van der Waals surface area contributed by atoms with Crippen molar-refractivity contribution >= 4 is 64.2 Å². The van der Waals surface area contributed by atoms with Crippen LogP contribution in [-0.2, 0) is 0 Å². The molecular weight excluding hydrogens is 591 g/mol. The third-order valence-electron chi connectivity index (χ3n) is 4.74. The fourth-order valence-corrected chi connectivity index (χ4v) is 3.95. The van der Waals surface area contributed by atoms with Crippen molar-refractivity contribution in [2.24, 2.45) is 0 Å². The van der Waals surface area contributed by atoms with Crippen molar-refractivity contribution in [3.8, 4) is 11.3 Å². The van der Waals surface area contributed by atoms with Crippen LogP contribution in [-0.4, -0.2) is 65.1 Å². The summed E-state index contributed by atoms with van der Waals surface area (Å²) < 4.78 is 0. The topological polar surface area (TPSA) is 206 Å². The molecule has 3 heterocycles. The molecule has 40 heavy (non-hydrogen) atoms. The first-order chi connectivity index (χ1) is 19.1. The molecule has 0 radical (unpaired) electrons. The number of benzene rings is 1. The number of halogens is 3. The molecule has 206 valence electrons. The van der Waals surface area contributed by atoms with E-state index in [1.807, 2.05) is 0 Å². The van der Waals surface area contributed by atoms with E-state index in [1.54, 1.807) is 0 Å². The highest BCUT2D eigenvalue weighted by Gasteiger charge is 2.20. The maximum atomic E-state index is 11.6. The number of hydrogen-bond donors (Lipinski definition) is 4. The van der Waals surface area contributed by atoms with Gasteiger partial charge in [-0.1, -0.05) is 34.8 Å². The number of anilines is 2. The number of aromatic nitrogens is 5. The number of carboxylic acids is 2. The lowest BCUT2D eigenvalue weighted by atomic mass is 10.1. The Balaban J connectivity index is 0.000000415. The molecule has 0 aliphatic heterocycles. The van der Waals surface area contributed by atoms with E-state index in [0.717, 1.165) is 12.4 Å². The van der Waals surface area contributed by atoms with E-state index in [-0.39, 0.29) is 44.1 Å². The Morgan fingerprint density at radius 1 is 0.900 bits per heavy atom. The molecule has 0 saturated carbocycles. The SMILES string of the molecule is O=C(O)c1cnc(NCCNc2ccc([N+](=O)[O-])cn2)nc1-c1c(Cl)cc(Cl)cc1Cl.O=C(O)c1cncnc1. The number of carboxylic acid groups (broad SMARTS) is 2. The Hall–Kier alpha value is -4.66. The number of rotatable bonds is 9. The van der Waals surface area contributed by atoms with Gasteiger partial charge in [0, 0.05) is 48.3 Å². The Kier molecular flexibility index (Phi) is 10.4. The average Bonchev–Trinajstić information content (AvgIpc) is 2.91. The summed E-state index contributed by atoms with van der Waals surface area (Å²) in [5.74, 6) is -1.64. The molecule has 0 unspecified atom stereocenters. The molecule has 0 aliphatic rings. The van der Waals surface area contributed by atoms with Crippen molar-refractivity contribution in [3.05, 3.63) is 91.7 Å². The molecule has 0 spiro atoms. The number of carbonyl (C=O) groups is 2. The molecule has 4 rings (SSSR count). The van der Waals surface area contributed by atoms with Gasteiger partial charge in [0.1, 0.15) is 23.9 Å². The Morgan fingerprint density at radius 3 is 2.08 bits per heavy atom. The van der Waals surface area contributed by atoms with E-state index >= 15 is 0 Å². The number of nitrogens with zero attached hydrogens (tertiary/aromatic N) is 6. The number of pyridine rings is 1. The molecule has 0 saturated heterocycles. The van der Waals surface area contributed by atoms with Crippen molar-refractivity contribution in [1.82, 2.24) is 24.9 Å². The van der Waals surface area contributed by atoms with Gasteiger partial charge in [0.2, 0.25) is 5.95 Å². The molecule has 0 fully saturated rings. The molecule has 4 N–H and O–H groups in total. The van der Waals surface area contributed by atoms with E-state index in [1.165, 1.54) is 43.0 Å². The molecule has 17 heteroatoms. The van der Waals surface area contributed by atoms with Crippen LogP contribution in [0.4, 0.5) is 17.5 Å². The van der Waals surface area contributed by atoms with Crippen molar-refractivity contribution < 1.29 is 24.7 Å². The monoisotopic (exact) mass is 606 g/mol. The molecular formula is C23H17Cl3N8O6. The molecule has 14 nitrogen and oxygen atoms in total. The van der Waals surface area contributed by atoms with Gasteiger partial charge in [0.25, 0.3) is 5.69 Å². The maximum Gasteiger partial charge on any atom is 0.339 e. The summed E-state index contributed by atoms with van der Waals surface area (Å²) in [6.07, 6.45) is 6.08. The van der Waals surface area contributed by atoms with Crippen LogP contribution in [0.5, 0.6) is 0 Å². The van der Waals surface area contributed by atoms with Gasteiger partial charge < -0.3 is 20.8 Å². The van der Waals surface area contributed by atoms with Crippen LogP contribution in [0.1, 0.15) is 20.7 Å². The van der Waals surface area contributed by atoms with Crippen LogP contribution in [0, 0.1) is 10.1 Å². The largest absolute Gasteiger partial charge is 0.478 e. The van der Waals surface area contributed by atoms with Crippen molar-refractivity contribution in [2.75, 3.05) is 23.7 Å². The maximum absolute atomic E-state index is 11.6. The Morgan fingerprint density at radius 2 is 1.55 bits per heavy atom. The predicted octanol–water partition coefficient (Wildman–Crippen LogP) is 4.80. The summed E-state index contributed by atoms with van der Waals surface area (Å²) in [5, 5.41) is 34.9. The number of nitrogens with one attached hydrogen (secondary N) is 2. The third-order valence-corrected chi connectivity index (χ3v) is 5.56. The molecule has 3 aromatic heterocycles. The van der Waals surface area contributed by atoms with Gasteiger partial charge in [-0.05, 0) is 18.2 Å². The quantitative estimate of drug-likeness (QED) is 0.115. The van der Waals surface area contributed by atoms with Gasteiger partial charge >= 0.3 is 11.9 Å². The Bertz CT molecular complexity index is 1500. The lowest BCUT2D eigenvalue weighted by Gasteiger charge is -2.12. The molecule has 0 aliphatic carbocycles. The summed E-state index contributed by atoms with van der Waals surface area (Å²) in [6, 6.07) is 5.69. The third kappa shape index (κ3) is 8.17. The average molecular weight is 608 g/mol. The zero-order chi connectivity index (χ0) is 29.2. The fourth-order valence-electron chi connectivity index (χ4n) is 2.96. The highest BCUT2D eigenvalue weighted by atomic mass is 35.5. The number of hydrogen-bond acceptors (Lipinski definition) is 11. The van der Waals surface area contributed by atoms with E-state index in [9.17, 15) is 24.8 Å². The highest BCUT2D eigenvalue weighted by molar-refractivity contribution is 6.42. The second kappa shape index (κ2) is 13.9. The van der Waals surface area contributed by atoms with Crippen LogP contribution < -0.4 is 10.6 Å². The zero-order valence-corrected chi connectivity index (χ0v) is 22.2. The fraction of sp³-hybridized carbons (Fsp3) is 0.0870. The standard InChI is InChI=1S/C18H13Cl3N6O4.C5H4N2O2/c19-9-5-12(20)15(13(21)6-9)16-11(17(28)29)8-25-18(26-16)23-4-3-22-14-2-1-10(7-24-14)27(30)31;8-5(9)4-1-6-3-7-2-4/h1-2,5-8H,3-4H2,(H,22,24)(H,28,29)(H,23,25,26);1-3H,(H,8,9). The first-order valence-corrected chi connectivity index (χ1v) is 12.0. The molecule has 0 amide bonds. The summed E-state index contributed by atoms with van der Waals surface area (Å²) in [4.78, 5) is 51.1. The van der Waals surface area contributed by atoms with Crippen molar-refractivity contribution in [3.63, 3.8) is 0 Å². The van der Waals surface area contributed by atoms with Gasteiger partial charge in [-0.3, -0.25) is 10.1 Å². The summed E-state index contributed by atoms with van der Waals surface area (Å²) in [6.45, 7) is 0.721. The van der Waals surface area contributed by atoms with Gasteiger partial charge in [-0.2, -0.15) is 0 Å². The molecule has 4 aromatic rings. The van der Waals surface area contributed by atoms with Gasteiger partial charge in [0.05, 0.1) is 26.2 Å². The van der Waals surface area contributed by atoms with Crippen LogP contribution in [0.15, 0.2) is 55.4 Å². The minimum atomic E-state index is -1.24. The van der Waals surface area contributed by atoms with Gasteiger partial charge in [-0.15, -0.1) is 0 Å². The van der Waals surface area contributed by atoms with Crippen LogP contribution in [0.3, 0.4) is 0 Å². The summed E-state index contributed by atoms with van der Waals surface area (Å²) in [7, 11) is 0. The van der Waals surface area contributed by atoms with Crippen LogP contribution >= 0.6 is 34.8 Å². The van der Waals surface area contributed by atoms with Crippen molar-refractivity contribution in [1.29, 1.82) is 0 Å². The summed E-state index contributed by atoms with van der Waals surface area (Å²) >= 11 is 18.4. The van der Waals surface area contributed by atoms with Crippen LogP contribution in [0.2, 0.25) is 15.1 Å². The molecule has 0 bridgehead atoms. The molecule has 0 atom stereocenters. The minimum absolute atomic E-state index is 0.0432. The lowest BCUT2D eigenvalue weighted by molar-refractivity contribution is -0.385. The summed E-state index contributed by atoms with van der Waals surface area (Å²) in [5.41, 5.74) is 0.0930. The second-order valence-electron chi connectivity index (χ2n) is 7.45. The van der Waals surface area contributed by atoms with E-state index in [0.29, 0.717) is 23.9 Å². The smallest absolute Gasteiger partial charge is 0.339 e. The van der Waals surface area contributed by atoms with E-state index in [4.69, 9.17) is 39.9 Å². The lowest BCUT2D eigenvalue weighted by Crippen LogP contribution is -2.16.